The summed E-state index contributed by atoms with van der Waals surface area (Å²) in [6.45, 7) is 3.54. The summed E-state index contributed by atoms with van der Waals surface area (Å²) < 4.78 is 5.38. The summed E-state index contributed by atoms with van der Waals surface area (Å²) in [5, 5.41) is 10.1. The third-order valence-corrected chi connectivity index (χ3v) is 6.25. The summed E-state index contributed by atoms with van der Waals surface area (Å²) in [5.74, 6) is 0.947. The van der Waals surface area contributed by atoms with E-state index in [1.165, 1.54) is 11.3 Å². The van der Waals surface area contributed by atoms with Gasteiger partial charge in [-0.1, -0.05) is 41.7 Å². The summed E-state index contributed by atoms with van der Waals surface area (Å²) in [6, 6.07) is 7.39. The Hall–Kier alpha value is -2.09. The highest BCUT2D eigenvalue weighted by Gasteiger charge is 2.16. The molecule has 0 unspecified atom stereocenters. The molecule has 1 N–H and O–H groups in total. The van der Waals surface area contributed by atoms with Gasteiger partial charge in [0.2, 0.25) is 11.7 Å². The molecule has 30 heavy (non-hydrogen) atoms. The lowest BCUT2D eigenvalue weighted by atomic mass is 10.1. The highest BCUT2D eigenvalue weighted by Crippen LogP contribution is 2.34. The number of nitrogens with zero attached hydrogens (tertiary/aromatic N) is 3. The maximum Gasteiger partial charge on any atom is 0.269 e. The minimum atomic E-state index is 0.0864. The number of halogens is 2. The van der Waals surface area contributed by atoms with Gasteiger partial charge < -0.3 is 14.7 Å². The number of nitrogens with one attached hydrogen (secondary N) is 1. The molecule has 9 heteroatoms. The first-order valence-corrected chi connectivity index (χ1v) is 11.5. The Morgan fingerprint density at radius 2 is 2.07 bits per heavy atom. The normalized spacial score (nSPS) is 10.9. The molecule has 1 aromatic carbocycles. The molecule has 0 aliphatic rings. The van der Waals surface area contributed by atoms with Crippen molar-refractivity contribution in [3.05, 3.63) is 39.7 Å². The number of thiophene rings is 1. The predicted molar refractivity (Wildman–Crippen MR) is 123 cm³/mol. The van der Waals surface area contributed by atoms with Crippen molar-refractivity contribution in [3.8, 4) is 22.2 Å². The van der Waals surface area contributed by atoms with Crippen LogP contribution in [0, 0.1) is 0 Å². The lowest BCUT2D eigenvalue weighted by Crippen LogP contribution is -2.26. The Morgan fingerprint density at radius 1 is 1.23 bits per heavy atom. The number of carbonyl (C=O) groups excluding carboxylic acids is 1. The SMILES string of the molecule is CCCCNC(=O)CCCN(C)c1cc(-c2noc(-c3sccc3Cl)n2)ccc1Cl. The first-order chi connectivity index (χ1) is 14.5. The number of amides is 1. The molecular weight excluding hydrogens is 443 g/mol. The van der Waals surface area contributed by atoms with E-state index in [-0.39, 0.29) is 5.91 Å². The van der Waals surface area contributed by atoms with Crippen LogP contribution in [0.25, 0.3) is 22.2 Å². The lowest BCUT2D eigenvalue weighted by Gasteiger charge is -2.21. The maximum atomic E-state index is 11.9. The number of rotatable bonds is 10. The average Bonchev–Trinajstić information content (AvgIpc) is 3.37. The molecule has 0 fully saturated rings. The van der Waals surface area contributed by atoms with Gasteiger partial charge in [0, 0.05) is 32.1 Å². The fraction of sp³-hybridized carbons (Fsp3) is 0.381. The maximum absolute atomic E-state index is 11.9. The smallest absolute Gasteiger partial charge is 0.269 e. The van der Waals surface area contributed by atoms with Crippen LogP contribution in [0.5, 0.6) is 0 Å². The van der Waals surface area contributed by atoms with Gasteiger partial charge in [-0.05, 0) is 42.5 Å². The number of aromatic nitrogens is 2. The molecule has 0 saturated heterocycles. The van der Waals surface area contributed by atoms with Crippen molar-refractivity contribution in [2.24, 2.45) is 0 Å². The highest BCUT2D eigenvalue weighted by atomic mass is 35.5. The van der Waals surface area contributed by atoms with Gasteiger partial charge in [-0.2, -0.15) is 4.98 Å². The molecule has 1 amide bonds. The standard InChI is InChI=1S/C21H24Cl2N4O2S/c1-3-4-10-24-18(28)6-5-11-27(2)17-13-14(7-8-15(17)22)20-25-21(29-26-20)19-16(23)9-12-30-19/h7-9,12-13H,3-6,10-11H2,1-2H3,(H,24,28). The van der Waals surface area contributed by atoms with E-state index >= 15 is 0 Å². The summed E-state index contributed by atoms with van der Waals surface area (Å²) in [4.78, 5) is 19.1. The average molecular weight is 467 g/mol. The van der Waals surface area contributed by atoms with E-state index in [1.54, 1.807) is 6.07 Å². The van der Waals surface area contributed by atoms with Crippen LogP contribution in [-0.2, 0) is 4.79 Å². The van der Waals surface area contributed by atoms with E-state index in [9.17, 15) is 4.79 Å². The Labute approximate surface area is 190 Å². The van der Waals surface area contributed by atoms with Crippen LogP contribution >= 0.6 is 34.5 Å². The number of benzene rings is 1. The molecule has 0 saturated carbocycles. The largest absolute Gasteiger partial charge is 0.373 e. The van der Waals surface area contributed by atoms with Crippen LogP contribution in [0.15, 0.2) is 34.2 Å². The molecule has 3 aromatic rings. The van der Waals surface area contributed by atoms with Gasteiger partial charge in [0.1, 0.15) is 4.88 Å². The Kier molecular flexibility index (Phi) is 8.13. The second kappa shape index (κ2) is 10.8. The second-order valence-electron chi connectivity index (χ2n) is 6.92. The van der Waals surface area contributed by atoms with Crippen molar-refractivity contribution in [2.45, 2.75) is 32.6 Å². The molecular formula is C21H24Cl2N4O2S. The third kappa shape index (κ3) is 5.74. The van der Waals surface area contributed by atoms with Gasteiger partial charge in [-0.25, -0.2) is 0 Å². The van der Waals surface area contributed by atoms with Crippen molar-refractivity contribution in [3.63, 3.8) is 0 Å². The number of hydrogen-bond donors (Lipinski definition) is 1. The molecule has 160 valence electrons. The molecule has 0 atom stereocenters. The molecule has 0 radical (unpaired) electrons. The topological polar surface area (TPSA) is 71.3 Å². The predicted octanol–water partition coefficient (Wildman–Crippen LogP) is 5.90. The summed E-state index contributed by atoms with van der Waals surface area (Å²) in [6.07, 6.45) is 3.30. The van der Waals surface area contributed by atoms with Crippen molar-refractivity contribution >= 4 is 46.1 Å². The summed E-state index contributed by atoms with van der Waals surface area (Å²) >= 11 is 14.0. The van der Waals surface area contributed by atoms with Crippen LogP contribution < -0.4 is 10.2 Å². The third-order valence-electron chi connectivity index (χ3n) is 4.60. The van der Waals surface area contributed by atoms with Gasteiger partial charge in [0.25, 0.3) is 5.89 Å². The zero-order chi connectivity index (χ0) is 21.5. The molecule has 0 spiro atoms. The quantitative estimate of drug-likeness (QED) is 0.376. The summed E-state index contributed by atoms with van der Waals surface area (Å²) in [7, 11) is 1.95. The lowest BCUT2D eigenvalue weighted by molar-refractivity contribution is -0.121. The number of carbonyl (C=O) groups is 1. The zero-order valence-corrected chi connectivity index (χ0v) is 19.3. The second-order valence-corrected chi connectivity index (χ2v) is 8.65. The Bertz CT molecular complexity index is 989. The van der Waals surface area contributed by atoms with Gasteiger partial charge in [0.05, 0.1) is 15.7 Å². The van der Waals surface area contributed by atoms with Crippen LogP contribution in [0.1, 0.15) is 32.6 Å². The molecule has 0 bridgehead atoms. The number of unbranched alkanes of at least 4 members (excludes halogenated alkanes) is 1. The Morgan fingerprint density at radius 3 is 2.80 bits per heavy atom. The fourth-order valence-electron chi connectivity index (χ4n) is 2.91. The molecule has 0 aliphatic carbocycles. The molecule has 2 aromatic heterocycles. The van der Waals surface area contributed by atoms with Crippen LogP contribution in [0.3, 0.4) is 0 Å². The van der Waals surface area contributed by atoms with E-state index in [2.05, 4.69) is 22.4 Å². The number of hydrogen-bond acceptors (Lipinski definition) is 6. The monoisotopic (exact) mass is 466 g/mol. The first kappa shape index (κ1) is 22.6. The highest BCUT2D eigenvalue weighted by molar-refractivity contribution is 7.14. The molecule has 0 aliphatic heterocycles. The fourth-order valence-corrected chi connectivity index (χ4v) is 4.23. The molecule has 3 rings (SSSR count). The van der Waals surface area contributed by atoms with Gasteiger partial charge in [0.15, 0.2) is 0 Å². The summed E-state index contributed by atoms with van der Waals surface area (Å²) in [5.41, 5.74) is 1.64. The van der Waals surface area contributed by atoms with Gasteiger partial charge >= 0.3 is 0 Å². The molecule has 6 nitrogen and oxygen atoms in total. The minimum Gasteiger partial charge on any atom is -0.373 e. The van der Waals surface area contributed by atoms with Gasteiger partial charge in [-0.15, -0.1) is 11.3 Å². The van der Waals surface area contributed by atoms with Crippen LogP contribution in [0.4, 0.5) is 5.69 Å². The zero-order valence-electron chi connectivity index (χ0n) is 17.0. The van der Waals surface area contributed by atoms with Crippen molar-refractivity contribution in [2.75, 3.05) is 25.0 Å². The number of anilines is 1. The van der Waals surface area contributed by atoms with E-state index in [1.807, 2.05) is 35.5 Å². The van der Waals surface area contributed by atoms with E-state index in [0.717, 1.165) is 41.9 Å². The van der Waals surface area contributed by atoms with Crippen molar-refractivity contribution in [1.82, 2.24) is 15.5 Å². The Balaban J connectivity index is 1.64. The van der Waals surface area contributed by atoms with Crippen molar-refractivity contribution < 1.29 is 9.32 Å². The van der Waals surface area contributed by atoms with Crippen LogP contribution in [-0.4, -0.2) is 36.2 Å². The van der Waals surface area contributed by atoms with E-state index < -0.39 is 0 Å². The van der Waals surface area contributed by atoms with Gasteiger partial charge in [-0.3, -0.25) is 4.79 Å². The van der Waals surface area contributed by atoms with E-state index in [4.69, 9.17) is 27.7 Å². The van der Waals surface area contributed by atoms with Crippen LogP contribution in [0.2, 0.25) is 10.0 Å². The first-order valence-electron chi connectivity index (χ1n) is 9.84. The van der Waals surface area contributed by atoms with Crippen molar-refractivity contribution in [1.29, 1.82) is 0 Å². The van der Waals surface area contributed by atoms with E-state index in [0.29, 0.717) is 34.7 Å². The molecule has 2 heterocycles. The minimum absolute atomic E-state index is 0.0864.